The van der Waals surface area contributed by atoms with Gasteiger partial charge < -0.3 is 25.0 Å². The molecule has 1 aromatic heterocycles. The first-order chi connectivity index (χ1) is 15.5. The zero-order valence-electron chi connectivity index (χ0n) is 18.5. The van der Waals surface area contributed by atoms with Crippen molar-refractivity contribution < 1.29 is 14.6 Å². The summed E-state index contributed by atoms with van der Waals surface area (Å²) in [6.07, 6.45) is 0. The van der Waals surface area contributed by atoms with Crippen molar-refractivity contribution in [1.82, 2.24) is 15.1 Å². The minimum Gasteiger partial charge on any atom is -0.507 e. The van der Waals surface area contributed by atoms with Gasteiger partial charge >= 0.3 is 0 Å². The van der Waals surface area contributed by atoms with Crippen LogP contribution >= 0.6 is 0 Å². The van der Waals surface area contributed by atoms with Gasteiger partial charge in [0.25, 0.3) is 5.91 Å². The van der Waals surface area contributed by atoms with E-state index < -0.39 is 0 Å². The van der Waals surface area contributed by atoms with E-state index in [4.69, 9.17) is 4.74 Å². The molecule has 3 heterocycles. The maximum Gasteiger partial charge on any atom is 0.258 e. The second kappa shape index (κ2) is 8.35. The summed E-state index contributed by atoms with van der Waals surface area (Å²) in [6.45, 7) is 9.34. The number of ether oxygens (including phenoxy) is 1. The molecule has 0 aliphatic carbocycles. The highest BCUT2D eigenvalue weighted by molar-refractivity contribution is 6.03. The Bertz CT molecular complexity index is 1150. The summed E-state index contributed by atoms with van der Waals surface area (Å²) in [6, 6.07) is 9.73. The second-order valence-electron chi connectivity index (χ2n) is 8.98. The van der Waals surface area contributed by atoms with Crippen molar-refractivity contribution in [2.24, 2.45) is 5.92 Å². The molecule has 8 nitrogen and oxygen atoms in total. The fourth-order valence-electron chi connectivity index (χ4n) is 4.37. The highest BCUT2D eigenvalue weighted by Gasteiger charge is 2.27. The van der Waals surface area contributed by atoms with Crippen LogP contribution in [0.3, 0.4) is 0 Å². The lowest BCUT2D eigenvalue weighted by Gasteiger charge is -2.29. The number of fused-ring (bicyclic) bond motifs is 2. The van der Waals surface area contributed by atoms with E-state index in [2.05, 4.69) is 52.5 Å². The number of aromatic nitrogens is 2. The highest BCUT2D eigenvalue weighted by Crippen LogP contribution is 2.33. The Balaban J connectivity index is 1.37. The SMILES string of the molecule is CC(C)CNc1n[nH]c2cc(O)c(C(=O)N3Cc4ccc(N5CCOCC5)cc4C3)cc12. The molecule has 2 aliphatic heterocycles. The Morgan fingerprint density at radius 1 is 1.19 bits per heavy atom. The number of aromatic amines is 1. The van der Waals surface area contributed by atoms with Gasteiger partial charge in [0.05, 0.1) is 24.3 Å². The van der Waals surface area contributed by atoms with Gasteiger partial charge in [-0.25, -0.2) is 0 Å². The molecular weight excluding hydrogens is 406 g/mol. The number of phenolic OH excluding ortho intramolecular Hbond substituents is 1. The molecule has 8 heteroatoms. The fraction of sp³-hybridized carbons (Fsp3) is 0.417. The lowest BCUT2D eigenvalue weighted by atomic mass is 10.1. The number of phenols is 1. The van der Waals surface area contributed by atoms with Crippen LogP contribution in [-0.4, -0.2) is 59.0 Å². The Labute approximate surface area is 187 Å². The first-order valence-electron chi connectivity index (χ1n) is 11.2. The molecule has 0 radical (unpaired) electrons. The molecule has 168 valence electrons. The Morgan fingerprint density at radius 3 is 2.75 bits per heavy atom. The van der Waals surface area contributed by atoms with Crippen molar-refractivity contribution in [1.29, 1.82) is 0 Å². The van der Waals surface area contributed by atoms with Gasteiger partial charge in [0.2, 0.25) is 0 Å². The Morgan fingerprint density at radius 2 is 1.97 bits per heavy atom. The predicted molar refractivity (Wildman–Crippen MR) is 124 cm³/mol. The number of hydrogen-bond donors (Lipinski definition) is 3. The minimum atomic E-state index is -0.176. The van der Waals surface area contributed by atoms with Crippen molar-refractivity contribution in [3.05, 3.63) is 47.0 Å². The van der Waals surface area contributed by atoms with Crippen LogP contribution in [-0.2, 0) is 17.8 Å². The molecule has 2 aliphatic rings. The van der Waals surface area contributed by atoms with Gasteiger partial charge in [-0.05, 0) is 35.2 Å². The zero-order valence-corrected chi connectivity index (χ0v) is 18.5. The Hall–Kier alpha value is -3.26. The number of anilines is 2. The number of nitrogens with zero attached hydrogens (tertiary/aromatic N) is 3. The highest BCUT2D eigenvalue weighted by atomic mass is 16.5. The number of aromatic hydroxyl groups is 1. The monoisotopic (exact) mass is 435 g/mol. The predicted octanol–water partition coefficient (Wildman–Crippen LogP) is 3.33. The third kappa shape index (κ3) is 3.86. The molecule has 3 N–H and O–H groups in total. The molecular formula is C24H29N5O3. The van der Waals surface area contributed by atoms with Gasteiger partial charge in [0, 0.05) is 49.9 Å². The van der Waals surface area contributed by atoms with E-state index in [1.165, 1.54) is 5.69 Å². The molecule has 1 amide bonds. The maximum atomic E-state index is 13.4. The molecule has 0 unspecified atom stereocenters. The van der Waals surface area contributed by atoms with E-state index in [0.717, 1.165) is 49.4 Å². The summed E-state index contributed by atoms with van der Waals surface area (Å²) in [7, 11) is 0. The lowest BCUT2D eigenvalue weighted by Crippen LogP contribution is -2.36. The van der Waals surface area contributed by atoms with E-state index in [-0.39, 0.29) is 11.7 Å². The van der Waals surface area contributed by atoms with Gasteiger partial charge in [0.15, 0.2) is 5.82 Å². The lowest BCUT2D eigenvalue weighted by molar-refractivity contribution is 0.0748. The number of carbonyl (C=O) groups excluding carboxylic acids is 1. The van der Waals surface area contributed by atoms with Crippen molar-refractivity contribution in [2.75, 3.05) is 43.1 Å². The number of nitrogens with one attached hydrogen (secondary N) is 2. The van der Waals surface area contributed by atoms with Crippen LogP contribution in [0.15, 0.2) is 30.3 Å². The minimum absolute atomic E-state index is 0.0356. The number of carbonyl (C=O) groups is 1. The number of morpholine rings is 1. The normalized spacial score (nSPS) is 16.1. The van der Waals surface area contributed by atoms with E-state index >= 15 is 0 Å². The summed E-state index contributed by atoms with van der Waals surface area (Å²) in [5.74, 6) is 0.948. The third-order valence-electron chi connectivity index (χ3n) is 6.16. The van der Waals surface area contributed by atoms with Gasteiger partial charge in [-0.3, -0.25) is 9.89 Å². The summed E-state index contributed by atoms with van der Waals surface area (Å²) < 4.78 is 5.45. The van der Waals surface area contributed by atoms with Gasteiger partial charge in [-0.2, -0.15) is 5.10 Å². The average molecular weight is 436 g/mol. The number of amides is 1. The van der Waals surface area contributed by atoms with E-state index in [9.17, 15) is 9.90 Å². The van der Waals surface area contributed by atoms with Crippen molar-refractivity contribution in [3.8, 4) is 5.75 Å². The van der Waals surface area contributed by atoms with Crippen molar-refractivity contribution in [2.45, 2.75) is 26.9 Å². The average Bonchev–Trinajstić information content (AvgIpc) is 3.40. The van der Waals surface area contributed by atoms with Gasteiger partial charge in [-0.1, -0.05) is 19.9 Å². The Kier molecular flexibility index (Phi) is 5.38. The molecule has 0 saturated carbocycles. The third-order valence-corrected chi connectivity index (χ3v) is 6.16. The molecule has 1 saturated heterocycles. The molecule has 32 heavy (non-hydrogen) atoms. The topological polar surface area (TPSA) is 93.7 Å². The number of benzene rings is 2. The fourth-order valence-corrected chi connectivity index (χ4v) is 4.37. The molecule has 0 atom stereocenters. The molecule has 0 bridgehead atoms. The summed E-state index contributed by atoms with van der Waals surface area (Å²) in [5.41, 5.74) is 4.48. The number of hydrogen-bond acceptors (Lipinski definition) is 6. The maximum absolute atomic E-state index is 13.4. The number of rotatable bonds is 5. The van der Waals surface area contributed by atoms with Crippen LogP contribution in [0.5, 0.6) is 5.75 Å². The first kappa shape index (κ1) is 20.6. The standard InChI is InChI=1S/C24H29N5O3/c1-15(2)12-25-23-19-10-20(22(30)11-21(19)26-27-23)24(31)29-13-16-3-4-18(9-17(16)14-29)28-5-7-32-8-6-28/h3-4,9-11,15,30H,5-8,12-14H2,1-2H3,(H2,25,26,27). The van der Waals surface area contributed by atoms with Crippen LogP contribution in [0.4, 0.5) is 11.5 Å². The zero-order chi connectivity index (χ0) is 22.2. The van der Waals surface area contributed by atoms with E-state index in [1.807, 2.05) is 0 Å². The van der Waals surface area contributed by atoms with Crippen molar-refractivity contribution >= 4 is 28.3 Å². The molecule has 5 rings (SSSR count). The van der Waals surface area contributed by atoms with Crippen LogP contribution in [0, 0.1) is 5.92 Å². The van der Waals surface area contributed by atoms with Crippen molar-refractivity contribution in [3.63, 3.8) is 0 Å². The quantitative estimate of drug-likeness (QED) is 0.569. The molecule has 3 aromatic rings. The summed E-state index contributed by atoms with van der Waals surface area (Å²) in [5, 5.41) is 21.9. The smallest absolute Gasteiger partial charge is 0.258 e. The van der Waals surface area contributed by atoms with E-state index in [0.29, 0.717) is 35.9 Å². The first-order valence-corrected chi connectivity index (χ1v) is 11.2. The summed E-state index contributed by atoms with van der Waals surface area (Å²) in [4.78, 5) is 17.5. The van der Waals surface area contributed by atoms with E-state index in [1.54, 1.807) is 17.0 Å². The van der Waals surface area contributed by atoms with Gasteiger partial charge in [-0.15, -0.1) is 0 Å². The van der Waals surface area contributed by atoms with Crippen LogP contribution in [0.1, 0.15) is 35.3 Å². The molecule has 0 spiro atoms. The van der Waals surface area contributed by atoms with Gasteiger partial charge in [0.1, 0.15) is 5.75 Å². The molecule has 2 aromatic carbocycles. The van der Waals surface area contributed by atoms with Crippen LogP contribution in [0.2, 0.25) is 0 Å². The number of H-pyrrole nitrogens is 1. The van der Waals surface area contributed by atoms with Crippen LogP contribution in [0.25, 0.3) is 10.9 Å². The largest absolute Gasteiger partial charge is 0.507 e. The second-order valence-corrected chi connectivity index (χ2v) is 8.98. The molecule has 1 fully saturated rings. The summed E-state index contributed by atoms with van der Waals surface area (Å²) >= 11 is 0. The van der Waals surface area contributed by atoms with Crippen LogP contribution < -0.4 is 10.2 Å².